The number of aryl methyl sites for hydroxylation is 1. The molecule has 1 spiro atoms. The Morgan fingerprint density at radius 2 is 1.82 bits per heavy atom. The van der Waals surface area contributed by atoms with E-state index in [2.05, 4.69) is 10.6 Å². The van der Waals surface area contributed by atoms with Crippen LogP contribution in [0.3, 0.4) is 0 Å². The van der Waals surface area contributed by atoms with Gasteiger partial charge in [-0.15, -0.1) is 0 Å². The lowest BCUT2D eigenvalue weighted by Gasteiger charge is -2.46. The molecule has 2 aliphatic rings. The molecule has 0 radical (unpaired) electrons. The molecule has 4 rings (SSSR count). The highest BCUT2D eigenvalue weighted by atomic mass is 16.5. The van der Waals surface area contributed by atoms with Gasteiger partial charge in [0.1, 0.15) is 11.4 Å². The van der Waals surface area contributed by atoms with Gasteiger partial charge < -0.3 is 20.3 Å². The van der Waals surface area contributed by atoms with E-state index in [4.69, 9.17) is 4.74 Å². The molecule has 28 heavy (non-hydrogen) atoms. The largest absolute Gasteiger partial charge is 0.497 e. The Kier molecular flexibility index (Phi) is 4.71. The highest BCUT2D eigenvalue weighted by molar-refractivity contribution is 6.03. The molecule has 0 saturated carbocycles. The Balaban J connectivity index is 1.40. The molecule has 2 heterocycles. The topological polar surface area (TPSA) is 70.7 Å². The predicted molar refractivity (Wildman–Crippen MR) is 108 cm³/mol. The molecule has 0 bridgehead atoms. The molecule has 2 aliphatic heterocycles. The van der Waals surface area contributed by atoms with Crippen molar-refractivity contribution in [3.63, 3.8) is 0 Å². The minimum Gasteiger partial charge on any atom is -0.497 e. The van der Waals surface area contributed by atoms with E-state index in [0.717, 1.165) is 22.6 Å². The van der Waals surface area contributed by atoms with Crippen LogP contribution in [0.1, 0.15) is 34.3 Å². The summed E-state index contributed by atoms with van der Waals surface area (Å²) in [6.45, 7) is 3.17. The molecular weight excluding hydrogens is 354 g/mol. The maximum absolute atomic E-state index is 12.7. The molecule has 0 unspecified atom stereocenters. The Morgan fingerprint density at radius 1 is 1.11 bits per heavy atom. The van der Waals surface area contributed by atoms with Gasteiger partial charge in [0.05, 0.1) is 19.1 Å². The Bertz CT molecular complexity index is 900. The number of amides is 2. The van der Waals surface area contributed by atoms with Crippen molar-refractivity contribution >= 4 is 17.5 Å². The maximum Gasteiger partial charge on any atom is 0.255 e. The van der Waals surface area contributed by atoms with E-state index < -0.39 is 5.66 Å². The molecule has 6 nitrogen and oxygen atoms in total. The second-order valence-corrected chi connectivity index (χ2v) is 7.56. The van der Waals surface area contributed by atoms with E-state index in [1.807, 2.05) is 54.3 Å². The Hall–Kier alpha value is -3.02. The van der Waals surface area contributed by atoms with Crippen LogP contribution < -0.4 is 15.4 Å². The maximum atomic E-state index is 12.7. The van der Waals surface area contributed by atoms with E-state index in [9.17, 15) is 9.59 Å². The fourth-order valence-electron chi connectivity index (χ4n) is 4.06. The summed E-state index contributed by atoms with van der Waals surface area (Å²) < 4.78 is 5.16. The van der Waals surface area contributed by atoms with Gasteiger partial charge in [-0.25, -0.2) is 0 Å². The van der Waals surface area contributed by atoms with Crippen molar-refractivity contribution in [2.24, 2.45) is 0 Å². The molecule has 2 aromatic rings. The predicted octanol–water partition coefficient (Wildman–Crippen LogP) is 2.72. The lowest BCUT2D eigenvalue weighted by Crippen LogP contribution is -2.63. The van der Waals surface area contributed by atoms with Crippen LogP contribution in [0.15, 0.2) is 42.5 Å². The number of nitrogens with one attached hydrogen (secondary N) is 2. The van der Waals surface area contributed by atoms with E-state index in [-0.39, 0.29) is 11.8 Å². The second-order valence-electron chi connectivity index (χ2n) is 7.56. The average Bonchev–Trinajstić information content (AvgIpc) is 2.68. The van der Waals surface area contributed by atoms with Crippen LogP contribution in [-0.2, 0) is 11.2 Å². The number of piperidine rings is 1. The van der Waals surface area contributed by atoms with Crippen LogP contribution >= 0.6 is 0 Å². The number of rotatable bonds is 3. The van der Waals surface area contributed by atoms with Crippen LogP contribution in [0.2, 0.25) is 0 Å². The minimum atomic E-state index is -0.477. The van der Waals surface area contributed by atoms with Crippen LogP contribution in [0.4, 0.5) is 5.69 Å². The number of hydrogen-bond donors (Lipinski definition) is 2. The summed E-state index contributed by atoms with van der Waals surface area (Å²) >= 11 is 0. The molecule has 146 valence electrons. The van der Waals surface area contributed by atoms with Gasteiger partial charge in [-0.2, -0.15) is 0 Å². The van der Waals surface area contributed by atoms with E-state index in [1.165, 1.54) is 0 Å². The van der Waals surface area contributed by atoms with Crippen molar-refractivity contribution in [2.75, 3.05) is 25.5 Å². The van der Waals surface area contributed by atoms with Crippen molar-refractivity contribution in [1.29, 1.82) is 0 Å². The zero-order valence-electron chi connectivity index (χ0n) is 16.2. The fraction of sp³-hybridized carbons (Fsp3) is 0.364. The molecule has 2 aromatic carbocycles. The van der Waals surface area contributed by atoms with Crippen LogP contribution in [0.25, 0.3) is 0 Å². The number of carbonyl (C=O) groups excluding carboxylic acids is 2. The van der Waals surface area contributed by atoms with Gasteiger partial charge in [0.25, 0.3) is 5.91 Å². The van der Waals surface area contributed by atoms with Gasteiger partial charge in [-0.1, -0.05) is 24.3 Å². The van der Waals surface area contributed by atoms with Gasteiger partial charge in [0.2, 0.25) is 5.91 Å². The summed E-state index contributed by atoms with van der Waals surface area (Å²) in [6, 6.07) is 13.4. The number of fused-ring (bicyclic) bond motifs is 1. The summed E-state index contributed by atoms with van der Waals surface area (Å²) in [4.78, 5) is 27.2. The number of benzene rings is 2. The van der Waals surface area contributed by atoms with Crippen molar-refractivity contribution in [3.05, 3.63) is 59.2 Å². The molecule has 1 fully saturated rings. The molecule has 0 atom stereocenters. The lowest BCUT2D eigenvalue weighted by atomic mass is 9.91. The monoisotopic (exact) mass is 379 g/mol. The normalized spacial score (nSPS) is 17.5. The average molecular weight is 379 g/mol. The SMILES string of the molecule is COc1ccc(CC(=O)N2CCC3(CC2)NC(=O)c2c(C)cccc2N3)cc1. The number of anilines is 1. The highest BCUT2D eigenvalue weighted by Crippen LogP contribution is 2.32. The number of ether oxygens (including phenoxy) is 1. The number of carbonyl (C=O) groups is 2. The number of likely N-dealkylation sites (tertiary alicyclic amines) is 1. The summed E-state index contributed by atoms with van der Waals surface area (Å²) in [6.07, 6.45) is 1.74. The van der Waals surface area contributed by atoms with Gasteiger partial charge >= 0.3 is 0 Å². The Labute approximate surface area is 164 Å². The third-order valence-electron chi connectivity index (χ3n) is 5.71. The summed E-state index contributed by atoms with van der Waals surface area (Å²) in [5, 5.41) is 6.67. The summed E-state index contributed by atoms with van der Waals surface area (Å²) in [7, 11) is 1.63. The first kappa shape index (κ1) is 18.3. The van der Waals surface area contributed by atoms with Crippen molar-refractivity contribution in [2.45, 2.75) is 31.8 Å². The molecule has 0 aromatic heterocycles. The number of nitrogens with zero attached hydrogens (tertiary/aromatic N) is 1. The molecular formula is C22H25N3O3. The van der Waals surface area contributed by atoms with Crippen molar-refractivity contribution in [1.82, 2.24) is 10.2 Å². The van der Waals surface area contributed by atoms with Crippen molar-refractivity contribution in [3.8, 4) is 5.75 Å². The molecule has 2 N–H and O–H groups in total. The molecule has 2 amide bonds. The quantitative estimate of drug-likeness (QED) is 0.860. The molecule has 0 aliphatic carbocycles. The second kappa shape index (κ2) is 7.19. The van der Waals surface area contributed by atoms with Crippen LogP contribution in [0.5, 0.6) is 5.75 Å². The third-order valence-corrected chi connectivity index (χ3v) is 5.71. The summed E-state index contributed by atoms with van der Waals surface area (Å²) in [5.74, 6) is 0.856. The first-order valence-electron chi connectivity index (χ1n) is 9.61. The van der Waals surface area contributed by atoms with Gasteiger partial charge in [0.15, 0.2) is 0 Å². The summed E-state index contributed by atoms with van der Waals surface area (Å²) in [5.41, 5.74) is 3.05. The zero-order valence-corrected chi connectivity index (χ0v) is 16.2. The fourth-order valence-corrected chi connectivity index (χ4v) is 4.06. The number of hydrogen-bond acceptors (Lipinski definition) is 4. The highest BCUT2D eigenvalue weighted by Gasteiger charge is 2.41. The van der Waals surface area contributed by atoms with E-state index >= 15 is 0 Å². The van der Waals surface area contributed by atoms with Crippen LogP contribution in [-0.4, -0.2) is 42.6 Å². The van der Waals surface area contributed by atoms with Crippen LogP contribution in [0, 0.1) is 6.92 Å². The smallest absolute Gasteiger partial charge is 0.255 e. The lowest BCUT2D eigenvalue weighted by molar-refractivity contribution is -0.132. The van der Waals surface area contributed by atoms with E-state index in [1.54, 1.807) is 7.11 Å². The van der Waals surface area contributed by atoms with Crippen molar-refractivity contribution < 1.29 is 14.3 Å². The molecule has 6 heteroatoms. The van der Waals surface area contributed by atoms with Gasteiger partial charge in [0, 0.05) is 31.6 Å². The Morgan fingerprint density at radius 3 is 2.50 bits per heavy atom. The van der Waals surface area contributed by atoms with Gasteiger partial charge in [-0.05, 0) is 36.2 Å². The first-order chi connectivity index (χ1) is 13.5. The minimum absolute atomic E-state index is 0.0372. The van der Waals surface area contributed by atoms with E-state index in [0.29, 0.717) is 37.9 Å². The van der Waals surface area contributed by atoms with Gasteiger partial charge in [-0.3, -0.25) is 9.59 Å². The third kappa shape index (κ3) is 3.42. The number of methoxy groups -OCH3 is 1. The molecule has 1 saturated heterocycles. The first-order valence-corrected chi connectivity index (χ1v) is 9.61. The standard InChI is InChI=1S/C22H25N3O3/c1-15-4-3-5-18-20(15)21(27)24-22(23-18)10-12-25(13-11-22)19(26)14-16-6-8-17(28-2)9-7-16/h3-9,23H,10-14H2,1-2H3,(H,24,27). The zero-order chi connectivity index (χ0) is 19.7.